The number of hydrogen-bond acceptors (Lipinski definition) is 3. The fourth-order valence-electron chi connectivity index (χ4n) is 1.14. The standard InChI is InChI=1S/C13H16O3/c1-10-4-6-12(7-5-10)16-9-8-11(2)13(14)15-3/h4-8H,9H2,1-3H3. The molecule has 0 N–H and O–H groups in total. The lowest BCUT2D eigenvalue weighted by molar-refractivity contribution is -0.136. The third-order valence-corrected chi connectivity index (χ3v) is 2.17. The second-order valence-electron chi connectivity index (χ2n) is 3.50. The summed E-state index contributed by atoms with van der Waals surface area (Å²) in [5.74, 6) is 0.465. The average molecular weight is 220 g/mol. The van der Waals surface area contributed by atoms with Crippen LogP contribution in [-0.4, -0.2) is 19.7 Å². The average Bonchev–Trinajstić information content (AvgIpc) is 2.30. The van der Waals surface area contributed by atoms with Crippen molar-refractivity contribution in [2.75, 3.05) is 13.7 Å². The number of hydrogen-bond donors (Lipinski definition) is 0. The second-order valence-corrected chi connectivity index (χ2v) is 3.50. The van der Waals surface area contributed by atoms with Gasteiger partial charge in [0.05, 0.1) is 7.11 Å². The Morgan fingerprint density at radius 3 is 2.50 bits per heavy atom. The molecule has 0 atom stereocenters. The molecule has 0 amide bonds. The summed E-state index contributed by atoms with van der Waals surface area (Å²) in [6.45, 7) is 4.08. The van der Waals surface area contributed by atoms with Crippen molar-refractivity contribution >= 4 is 5.97 Å². The van der Waals surface area contributed by atoms with Crippen LogP contribution in [0, 0.1) is 6.92 Å². The van der Waals surface area contributed by atoms with E-state index in [1.54, 1.807) is 13.0 Å². The Morgan fingerprint density at radius 2 is 1.94 bits per heavy atom. The van der Waals surface area contributed by atoms with Gasteiger partial charge in [-0.25, -0.2) is 4.79 Å². The van der Waals surface area contributed by atoms with Crippen LogP contribution in [0.15, 0.2) is 35.9 Å². The van der Waals surface area contributed by atoms with Crippen LogP contribution in [0.4, 0.5) is 0 Å². The Bertz CT molecular complexity index is 377. The zero-order valence-corrected chi connectivity index (χ0v) is 9.82. The predicted molar refractivity (Wildman–Crippen MR) is 62.4 cm³/mol. The van der Waals surface area contributed by atoms with Gasteiger partial charge in [-0.1, -0.05) is 17.7 Å². The molecule has 1 aromatic rings. The van der Waals surface area contributed by atoms with E-state index in [9.17, 15) is 4.79 Å². The van der Waals surface area contributed by atoms with Gasteiger partial charge in [0.15, 0.2) is 0 Å². The first-order valence-corrected chi connectivity index (χ1v) is 5.08. The maximum Gasteiger partial charge on any atom is 0.333 e. The fraction of sp³-hybridized carbons (Fsp3) is 0.308. The summed E-state index contributed by atoms with van der Waals surface area (Å²) in [7, 11) is 1.36. The van der Waals surface area contributed by atoms with Gasteiger partial charge in [0.1, 0.15) is 12.4 Å². The molecule has 0 heterocycles. The maximum absolute atomic E-state index is 11.1. The summed E-state index contributed by atoms with van der Waals surface area (Å²) in [4.78, 5) is 11.1. The number of benzene rings is 1. The molecule has 1 aromatic carbocycles. The molecule has 0 spiro atoms. The van der Waals surface area contributed by atoms with Crippen LogP contribution in [-0.2, 0) is 9.53 Å². The van der Waals surface area contributed by atoms with Gasteiger partial charge in [-0.15, -0.1) is 0 Å². The monoisotopic (exact) mass is 220 g/mol. The molecule has 0 unspecified atom stereocenters. The second kappa shape index (κ2) is 5.95. The largest absolute Gasteiger partial charge is 0.490 e. The Labute approximate surface area is 95.7 Å². The Kier molecular flexibility index (Phi) is 4.58. The lowest BCUT2D eigenvalue weighted by atomic mass is 10.2. The number of methoxy groups -OCH3 is 1. The summed E-state index contributed by atoms with van der Waals surface area (Å²) in [6, 6.07) is 7.76. The zero-order chi connectivity index (χ0) is 12.0. The normalized spacial score (nSPS) is 11.1. The van der Waals surface area contributed by atoms with Crippen molar-refractivity contribution in [3.05, 3.63) is 41.5 Å². The van der Waals surface area contributed by atoms with E-state index >= 15 is 0 Å². The highest BCUT2D eigenvalue weighted by Gasteiger charge is 2.01. The van der Waals surface area contributed by atoms with E-state index < -0.39 is 0 Å². The number of aryl methyl sites for hydroxylation is 1. The molecule has 0 saturated carbocycles. The van der Waals surface area contributed by atoms with E-state index in [1.807, 2.05) is 31.2 Å². The van der Waals surface area contributed by atoms with Gasteiger partial charge < -0.3 is 9.47 Å². The summed E-state index contributed by atoms with van der Waals surface area (Å²) >= 11 is 0. The molecule has 86 valence electrons. The van der Waals surface area contributed by atoms with Gasteiger partial charge in [-0.05, 0) is 32.1 Å². The summed E-state index contributed by atoms with van der Waals surface area (Å²) in [6.07, 6.45) is 1.70. The van der Waals surface area contributed by atoms with Crippen LogP contribution < -0.4 is 4.74 Å². The van der Waals surface area contributed by atoms with E-state index in [1.165, 1.54) is 12.7 Å². The molecule has 0 saturated heterocycles. The first-order valence-electron chi connectivity index (χ1n) is 5.08. The fourth-order valence-corrected chi connectivity index (χ4v) is 1.14. The third-order valence-electron chi connectivity index (χ3n) is 2.17. The summed E-state index contributed by atoms with van der Waals surface area (Å²) < 4.78 is 10.0. The van der Waals surface area contributed by atoms with Crippen LogP contribution in [0.5, 0.6) is 5.75 Å². The van der Waals surface area contributed by atoms with Crippen molar-refractivity contribution < 1.29 is 14.3 Å². The van der Waals surface area contributed by atoms with E-state index in [0.29, 0.717) is 12.2 Å². The first-order chi connectivity index (χ1) is 7.63. The highest BCUT2D eigenvalue weighted by molar-refractivity contribution is 5.87. The van der Waals surface area contributed by atoms with Gasteiger partial charge in [-0.3, -0.25) is 0 Å². The summed E-state index contributed by atoms with van der Waals surface area (Å²) in [5.41, 5.74) is 1.74. The first kappa shape index (κ1) is 12.3. The molecule has 0 bridgehead atoms. The van der Waals surface area contributed by atoms with Crippen LogP contribution in [0.1, 0.15) is 12.5 Å². The molecule has 0 radical (unpaired) electrons. The maximum atomic E-state index is 11.1. The Morgan fingerprint density at radius 1 is 1.31 bits per heavy atom. The van der Waals surface area contributed by atoms with Gasteiger partial charge in [0.2, 0.25) is 0 Å². The molecule has 0 aliphatic carbocycles. The SMILES string of the molecule is COC(=O)C(C)=CCOc1ccc(C)cc1. The van der Waals surface area contributed by atoms with Crippen molar-refractivity contribution in [1.29, 1.82) is 0 Å². The van der Waals surface area contributed by atoms with Gasteiger partial charge >= 0.3 is 5.97 Å². The van der Waals surface area contributed by atoms with Crippen LogP contribution >= 0.6 is 0 Å². The molecular formula is C13H16O3. The minimum Gasteiger partial charge on any atom is -0.490 e. The van der Waals surface area contributed by atoms with Crippen LogP contribution in [0.3, 0.4) is 0 Å². The molecule has 0 aromatic heterocycles. The number of carbonyl (C=O) groups excluding carboxylic acids is 1. The number of esters is 1. The predicted octanol–water partition coefficient (Wildman–Crippen LogP) is 2.49. The molecule has 16 heavy (non-hydrogen) atoms. The molecule has 3 heteroatoms. The van der Waals surface area contributed by atoms with Gasteiger partial charge in [0, 0.05) is 5.57 Å². The Balaban J connectivity index is 2.46. The minimum absolute atomic E-state index is 0.326. The summed E-state index contributed by atoms with van der Waals surface area (Å²) in [5, 5.41) is 0. The number of rotatable bonds is 4. The minimum atomic E-state index is -0.326. The Hall–Kier alpha value is -1.77. The van der Waals surface area contributed by atoms with Gasteiger partial charge in [0.25, 0.3) is 0 Å². The molecule has 1 rings (SSSR count). The molecular weight excluding hydrogens is 204 g/mol. The van der Waals surface area contributed by atoms with Crippen LogP contribution in [0.2, 0.25) is 0 Å². The number of carbonyl (C=O) groups is 1. The quantitative estimate of drug-likeness (QED) is 0.577. The number of ether oxygens (including phenoxy) is 2. The van der Waals surface area contributed by atoms with Crippen LogP contribution in [0.25, 0.3) is 0 Å². The molecule has 0 fully saturated rings. The molecule has 0 aliphatic heterocycles. The lowest BCUT2D eigenvalue weighted by Gasteiger charge is -2.04. The van der Waals surface area contributed by atoms with E-state index in [4.69, 9.17) is 4.74 Å². The van der Waals surface area contributed by atoms with Crippen molar-refractivity contribution in [3.63, 3.8) is 0 Å². The van der Waals surface area contributed by atoms with E-state index in [-0.39, 0.29) is 5.97 Å². The van der Waals surface area contributed by atoms with Crippen molar-refractivity contribution in [3.8, 4) is 5.75 Å². The van der Waals surface area contributed by atoms with Crippen molar-refractivity contribution in [2.24, 2.45) is 0 Å². The van der Waals surface area contributed by atoms with Crippen molar-refractivity contribution in [2.45, 2.75) is 13.8 Å². The highest BCUT2D eigenvalue weighted by Crippen LogP contribution is 2.11. The van der Waals surface area contributed by atoms with Gasteiger partial charge in [-0.2, -0.15) is 0 Å². The topological polar surface area (TPSA) is 35.5 Å². The smallest absolute Gasteiger partial charge is 0.333 e. The van der Waals surface area contributed by atoms with Crippen molar-refractivity contribution in [1.82, 2.24) is 0 Å². The zero-order valence-electron chi connectivity index (χ0n) is 9.82. The molecule has 0 aliphatic rings. The lowest BCUT2D eigenvalue weighted by Crippen LogP contribution is -2.04. The third kappa shape index (κ3) is 3.77. The van der Waals surface area contributed by atoms with E-state index in [0.717, 1.165) is 5.75 Å². The van der Waals surface area contributed by atoms with E-state index in [2.05, 4.69) is 4.74 Å². The molecule has 3 nitrogen and oxygen atoms in total. The highest BCUT2D eigenvalue weighted by atomic mass is 16.5.